The molecule has 0 saturated heterocycles. The van der Waals surface area contributed by atoms with E-state index in [1.807, 2.05) is 31.2 Å². The maximum Gasteiger partial charge on any atom is 0.242 e. The van der Waals surface area contributed by atoms with Crippen LogP contribution >= 0.6 is 0 Å². The molecule has 0 aliphatic carbocycles. The number of nitrogen functional groups attached to an aromatic ring is 1. The van der Waals surface area contributed by atoms with Crippen LogP contribution in [0.2, 0.25) is 0 Å². The number of nitrogens with zero attached hydrogens (tertiary/aromatic N) is 1. The smallest absolute Gasteiger partial charge is 0.242 e. The van der Waals surface area contributed by atoms with Crippen LogP contribution in [0.4, 0.5) is 5.69 Å². The predicted molar refractivity (Wildman–Crippen MR) is 69.4 cm³/mol. The Kier molecular flexibility index (Phi) is 3.00. The van der Waals surface area contributed by atoms with Gasteiger partial charge in [-0.25, -0.2) is 4.98 Å². The summed E-state index contributed by atoms with van der Waals surface area (Å²) in [5, 5.41) is 0. The van der Waals surface area contributed by atoms with E-state index in [0.29, 0.717) is 11.6 Å². The Morgan fingerprint density at radius 2 is 1.76 bits per heavy atom. The summed E-state index contributed by atoms with van der Waals surface area (Å²) >= 11 is 0. The fourth-order valence-corrected chi connectivity index (χ4v) is 1.51. The summed E-state index contributed by atoms with van der Waals surface area (Å²) in [4.78, 5) is 4.27. The molecular weight excluding hydrogens is 212 g/mol. The van der Waals surface area contributed by atoms with Crippen LogP contribution in [-0.4, -0.2) is 4.98 Å². The van der Waals surface area contributed by atoms with Gasteiger partial charge in [0.25, 0.3) is 0 Å². The predicted octanol–water partition coefficient (Wildman–Crippen LogP) is 3.38. The van der Waals surface area contributed by atoms with Crippen molar-refractivity contribution < 1.29 is 4.74 Å². The Morgan fingerprint density at radius 1 is 1.00 bits per heavy atom. The van der Waals surface area contributed by atoms with E-state index < -0.39 is 0 Å². The molecule has 0 atom stereocenters. The fourth-order valence-electron chi connectivity index (χ4n) is 1.51. The fraction of sp³-hybridized carbons (Fsp3) is 0.214. The summed E-state index contributed by atoms with van der Waals surface area (Å²) in [5.74, 6) is 1.23. The van der Waals surface area contributed by atoms with Crippen molar-refractivity contribution in [1.29, 1.82) is 0 Å². The van der Waals surface area contributed by atoms with Gasteiger partial charge in [0, 0.05) is 5.69 Å². The molecule has 0 bridgehead atoms. The van der Waals surface area contributed by atoms with Crippen molar-refractivity contribution in [2.45, 2.75) is 20.8 Å². The van der Waals surface area contributed by atoms with Crippen molar-refractivity contribution in [2.75, 3.05) is 5.73 Å². The molecule has 0 radical (unpaired) electrons. The quantitative estimate of drug-likeness (QED) is 0.857. The Balaban J connectivity index is 2.31. The summed E-state index contributed by atoms with van der Waals surface area (Å²) < 4.78 is 5.69. The normalized spacial score (nSPS) is 10.3. The van der Waals surface area contributed by atoms with Gasteiger partial charge in [-0.1, -0.05) is 6.07 Å². The molecule has 0 aliphatic heterocycles. The summed E-state index contributed by atoms with van der Waals surface area (Å²) in [6, 6.07) is 9.60. The standard InChI is InChI=1S/C14H16N2O/c1-9-4-6-12(8-10(9)2)17-14-13(15)7-5-11(3)16-14/h4-8H,15H2,1-3H3. The third-order valence-corrected chi connectivity index (χ3v) is 2.72. The number of aromatic nitrogens is 1. The van der Waals surface area contributed by atoms with Crippen molar-refractivity contribution in [2.24, 2.45) is 0 Å². The van der Waals surface area contributed by atoms with E-state index in [9.17, 15) is 0 Å². The molecule has 0 fully saturated rings. The highest BCUT2D eigenvalue weighted by atomic mass is 16.5. The number of anilines is 1. The number of benzene rings is 1. The van der Waals surface area contributed by atoms with E-state index in [2.05, 4.69) is 18.8 Å². The van der Waals surface area contributed by atoms with E-state index in [4.69, 9.17) is 10.5 Å². The van der Waals surface area contributed by atoms with Crippen LogP contribution in [0.25, 0.3) is 0 Å². The summed E-state index contributed by atoms with van der Waals surface area (Å²) in [5.41, 5.74) is 9.68. The van der Waals surface area contributed by atoms with Gasteiger partial charge in [-0.05, 0) is 56.2 Å². The number of hydrogen-bond acceptors (Lipinski definition) is 3. The van der Waals surface area contributed by atoms with E-state index in [1.54, 1.807) is 6.07 Å². The van der Waals surface area contributed by atoms with Crippen molar-refractivity contribution >= 4 is 5.69 Å². The molecule has 88 valence electrons. The topological polar surface area (TPSA) is 48.1 Å². The van der Waals surface area contributed by atoms with Gasteiger partial charge in [0.05, 0.1) is 5.69 Å². The molecular formula is C14H16N2O. The highest BCUT2D eigenvalue weighted by Gasteiger charge is 2.05. The lowest BCUT2D eigenvalue weighted by atomic mass is 10.1. The maximum atomic E-state index is 5.82. The summed E-state index contributed by atoms with van der Waals surface area (Å²) in [6.07, 6.45) is 0. The van der Waals surface area contributed by atoms with Crippen LogP contribution in [0.3, 0.4) is 0 Å². The first-order valence-electron chi connectivity index (χ1n) is 5.54. The Hall–Kier alpha value is -2.03. The number of ether oxygens (including phenoxy) is 1. The maximum absolute atomic E-state index is 5.82. The van der Waals surface area contributed by atoms with Gasteiger partial charge in [0.15, 0.2) is 0 Å². The molecule has 3 heteroatoms. The lowest BCUT2D eigenvalue weighted by Gasteiger charge is -2.09. The Bertz CT molecular complexity index is 550. The number of rotatable bonds is 2. The van der Waals surface area contributed by atoms with Crippen LogP contribution in [0.15, 0.2) is 30.3 Å². The van der Waals surface area contributed by atoms with Gasteiger partial charge < -0.3 is 10.5 Å². The number of hydrogen-bond donors (Lipinski definition) is 1. The van der Waals surface area contributed by atoms with Crippen LogP contribution in [-0.2, 0) is 0 Å². The van der Waals surface area contributed by atoms with Gasteiger partial charge >= 0.3 is 0 Å². The first kappa shape index (κ1) is 11.5. The second-order valence-corrected chi connectivity index (χ2v) is 4.20. The third kappa shape index (κ3) is 2.56. The SMILES string of the molecule is Cc1ccc(N)c(Oc2ccc(C)c(C)c2)n1. The van der Waals surface area contributed by atoms with Gasteiger partial charge in [-0.15, -0.1) is 0 Å². The summed E-state index contributed by atoms with van der Waals surface area (Å²) in [6.45, 7) is 6.03. The molecule has 0 unspecified atom stereocenters. The average molecular weight is 228 g/mol. The van der Waals surface area contributed by atoms with Gasteiger partial charge in [0.1, 0.15) is 5.75 Å². The monoisotopic (exact) mass is 228 g/mol. The molecule has 1 heterocycles. The zero-order valence-electron chi connectivity index (χ0n) is 10.3. The first-order valence-corrected chi connectivity index (χ1v) is 5.54. The van der Waals surface area contributed by atoms with Crippen LogP contribution in [0.5, 0.6) is 11.6 Å². The lowest BCUT2D eigenvalue weighted by Crippen LogP contribution is -1.96. The molecule has 0 amide bonds. The van der Waals surface area contributed by atoms with E-state index in [0.717, 1.165) is 11.4 Å². The minimum Gasteiger partial charge on any atom is -0.437 e. The largest absolute Gasteiger partial charge is 0.437 e. The van der Waals surface area contributed by atoms with Crippen LogP contribution < -0.4 is 10.5 Å². The van der Waals surface area contributed by atoms with Crippen LogP contribution in [0.1, 0.15) is 16.8 Å². The highest BCUT2D eigenvalue weighted by Crippen LogP contribution is 2.26. The second kappa shape index (κ2) is 4.45. The molecule has 2 N–H and O–H groups in total. The molecule has 2 aromatic rings. The molecule has 1 aromatic carbocycles. The van der Waals surface area contributed by atoms with Crippen molar-refractivity contribution in [1.82, 2.24) is 4.98 Å². The molecule has 3 nitrogen and oxygen atoms in total. The Labute approximate surface area is 101 Å². The minimum atomic E-state index is 0.466. The average Bonchev–Trinajstić information content (AvgIpc) is 2.29. The number of nitrogens with two attached hydrogens (primary N) is 1. The number of aryl methyl sites for hydroxylation is 3. The van der Waals surface area contributed by atoms with Crippen molar-refractivity contribution in [3.63, 3.8) is 0 Å². The third-order valence-electron chi connectivity index (χ3n) is 2.72. The van der Waals surface area contributed by atoms with E-state index >= 15 is 0 Å². The molecule has 0 saturated carbocycles. The summed E-state index contributed by atoms with van der Waals surface area (Å²) in [7, 11) is 0. The molecule has 2 rings (SSSR count). The van der Waals surface area contributed by atoms with E-state index in [-0.39, 0.29) is 0 Å². The molecule has 17 heavy (non-hydrogen) atoms. The zero-order chi connectivity index (χ0) is 12.4. The van der Waals surface area contributed by atoms with Crippen molar-refractivity contribution in [3.8, 4) is 11.6 Å². The van der Waals surface area contributed by atoms with Gasteiger partial charge in [-0.3, -0.25) is 0 Å². The highest BCUT2D eigenvalue weighted by molar-refractivity contribution is 5.50. The lowest BCUT2D eigenvalue weighted by molar-refractivity contribution is 0.464. The molecule has 0 spiro atoms. The zero-order valence-corrected chi connectivity index (χ0v) is 10.3. The number of pyridine rings is 1. The van der Waals surface area contributed by atoms with Crippen molar-refractivity contribution in [3.05, 3.63) is 47.2 Å². The molecule has 0 aliphatic rings. The van der Waals surface area contributed by atoms with Gasteiger partial charge in [-0.2, -0.15) is 0 Å². The second-order valence-electron chi connectivity index (χ2n) is 4.20. The van der Waals surface area contributed by atoms with E-state index in [1.165, 1.54) is 11.1 Å². The van der Waals surface area contributed by atoms with Gasteiger partial charge in [0.2, 0.25) is 5.88 Å². The van der Waals surface area contributed by atoms with Crippen LogP contribution in [0, 0.1) is 20.8 Å². The first-order chi connectivity index (χ1) is 8.06. The minimum absolute atomic E-state index is 0.466. The molecule has 1 aromatic heterocycles. The Morgan fingerprint density at radius 3 is 2.47 bits per heavy atom.